The second-order valence-electron chi connectivity index (χ2n) is 5.30. The minimum atomic E-state index is 0.300. The third-order valence-corrected chi connectivity index (χ3v) is 4.08. The van der Waals surface area contributed by atoms with Gasteiger partial charge < -0.3 is 10.5 Å². The minimum absolute atomic E-state index is 0.300. The summed E-state index contributed by atoms with van der Waals surface area (Å²) in [6, 6.07) is 0.300. The van der Waals surface area contributed by atoms with Crippen LogP contribution in [0.25, 0.3) is 0 Å². The molecular weight excluding hydrogens is 186 g/mol. The van der Waals surface area contributed by atoms with Gasteiger partial charge in [-0.2, -0.15) is 0 Å². The Labute approximate surface area is 93.6 Å². The number of rotatable bonds is 4. The van der Waals surface area contributed by atoms with E-state index in [2.05, 4.69) is 0 Å². The molecule has 0 spiro atoms. The van der Waals surface area contributed by atoms with Crippen LogP contribution in [-0.2, 0) is 4.74 Å². The van der Waals surface area contributed by atoms with Gasteiger partial charge in [-0.15, -0.1) is 0 Å². The maximum atomic E-state index is 6.17. The molecule has 1 atom stereocenters. The standard InChI is InChI=1S/C13H25NO/c14-13(11-6-4-5-7-11)10-15-12-8-2-1-3-9-12/h11-13H,1-10,14H2. The van der Waals surface area contributed by atoms with E-state index in [0.717, 1.165) is 12.5 Å². The van der Waals surface area contributed by atoms with Gasteiger partial charge in [0.1, 0.15) is 0 Å². The van der Waals surface area contributed by atoms with Crippen molar-refractivity contribution in [3.63, 3.8) is 0 Å². The van der Waals surface area contributed by atoms with E-state index in [-0.39, 0.29) is 0 Å². The van der Waals surface area contributed by atoms with Crippen LogP contribution in [0.5, 0.6) is 0 Å². The van der Waals surface area contributed by atoms with Crippen molar-refractivity contribution in [2.45, 2.75) is 69.9 Å². The molecule has 0 aliphatic heterocycles. The molecule has 0 bridgehead atoms. The molecule has 0 saturated heterocycles. The van der Waals surface area contributed by atoms with E-state index in [1.807, 2.05) is 0 Å². The highest BCUT2D eigenvalue weighted by Crippen LogP contribution is 2.27. The first-order valence-electron chi connectivity index (χ1n) is 6.73. The first-order chi connectivity index (χ1) is 7.36. The molecule has 0 radical (unpaired) electrons. The van der Waals surface area contributed by atoms with Gasteiger partial charge in [-0.25, -0.2) is 0 Å². The van der Waals surface area contributed by atoms with Gasteiger partial charge in [-0.05, 0) is 31.6 Å². The lowest BCUT2D eigenvalue weighted by Crippen LogP contribution is -2.35. The molecule has 15 heavy (non-hydrogen) atoms. The van der Waals surface area contributed by atoms with Crippen LogP contribution in [0.15, 0.2) is 0 Å². The van der Waals surface area contributed by atoms with Crippen molar-refractivity contribution in [1.29, 1.82) is 0 Å². The van der Waals surface area contributed by atoms with E-state index in [1.165, 1.54) is 57.8 Å². The Morgan fingerprint density at radius 2 is 1.53 bits per heavy atom. The molecule has 2 fully saturated rings. The molecule has 0 aromatic heterocycles. The lowest BCUT2D eigenvalue weighted by atomic mass is 9.97. The molecule has 2 heteroatoms. The predicted molar refractivity (Wildman–Crippen MR) is 62.8 cm³/mol. The normalized spacial score (nSPS) is 27.0. The van der Waals surface area contributed by atoms with E-state index in [1.54, 1.807) is 0 Å². The second-order valence-corrected chi connectivity index (χ2v) is 5.30. The molecule has 0 aromatic rings. The Morgan fingerprint density at radius 1 is 0.933 bits per heavy atom. The van der Waals surface area contributed by atoms with Gasteiger partial charge in [0.15, 0.2) is 0 Å². The summed E-state index contributed by atoms with van der Waals surface area (Å²) in [6.07, 6.45) is 12.6. The first-order valence-corrected chi connectivity index (χ1v) is 6.73. The average molecular weight is 211 g/mol. The van der Waals surface area contributed by atoms with Crippen LogP contribution in [0.2, 0.25) is 0 Å². The summed E-state index contributed by atoms with van der Waals surface area (Å²) in [4.78, 5) is 0. The summed E-state index contributed by atoms with van der Waals surface area (Å²) >= 11 is 0. The van der Waals surface area contributed by atoms with E-state index >= 15 is 0 Å². The topological polar surface area (TPSA) is 35.2 Å². The van der Waals surface area contributed by atoms with E-state index < -0.39 is 0 Å². The summed E-state index contributed by atoms with van der Waals surface area (Å²) < 4.78 is 5.93. The van der Waals surface area contributed by atoms with E-state index in [0.29, 0.717) is 12.1 Å². The van der Waals surface area contributed by atoms with Crippen LogP contribution in [0.3, 0.4) is 0 Å². The summed E-state index contributed by atoms with van der Waals surface area (Å²) in [5.41, 5.74) is 6.17. The molecule has 0 amide bonds. The molecule has 88 valence electrons. The third kappa shape index (κ3) is 3.46. The molecule has 0 aromatic carbocycles. The molecule has 2 aliphatic carbocycles. The highest BCUT2D eigenvalue weighted by atomic mass is 16.5. The highest BCUT2D eigenvalue weighted by molar-refractivity contribution is 4.78. The maximum absolute atomic E-state index is 6.17. The van der Waals surface area contributed by atoms with Crippen LogP contribution >= 0.6 is 0 Å². The van der Waals surface area contributed by atoms with Gasteiger partial charge in [0.2, 0.25) is 0 Å². The maximum Gasteiger partial charge on any atom is 0.0623 e. The minimum Gasteiger partial charge on any atom is -0.377 e. The molecule has 2 aliphatic rings. The zero-order chi connectivity index (χ0) is 10.5. The monoisotopic (exact) mass is 211 g/mol. The lowest BCUT2D eigenvalue weighted by Gasteiger charge is -2.25. The smallest absolute Gasteiger partial charge is 0.0623 e. The Morgan fingerprint density at radius 3 is 2.20 bits per heavy atom. The molecule has 2 N–H and O–H groups in total. The van der Waals surface area contributed by atoms with Gasteiger partial charge in [-0.1, -0.05) is 32.1 Å². The van der Waals surface area contributed by atoms with Crippen molar-refractivity contribution >= 4 is 0 Å². The molecule has 2 rings (SSSR count). The number of hydrogen-bond donors (Lipinski definition) is 1. The first kappa shape index (κ1) is 11.4. The molecule has 0 heterocycles. The van der Waals surface area contributed by atoms with Crippen molar-refractivity contribution in [3.05, 3.63) is 0 Å². The fourth-order valence-corrected chi connectivity index (χ4v) is 3.00. The van der Waals surface area contributed by atoms with Gasteiger partial charge in [0.05, 0.1) is 12.7 Å². The fraction of sp³-hybridized carbons (Fsp3) is 1.00. The average Bonchev–Trinajstić information content (AvgIpc) is 2.81. The predicted octanol–water partition coefficient (Wildman–Crippen LogP) is 2.85. The van der Waals surface area contributed by atoms with Crippen LogP contribution in [0, 0.1) is 5.92 Å². The highest BCUT2D eigenvalue weighted by Gasteiger charge is 2.23. The fourth-order valence-electron chi connectivity index (χ4n) is 3.00. The number of nitrogens with two attached hydrogens (primary N) is 1. The Balaban J connectivity index is 1.63. The SMILES string of the molecule is NC(COC1CCCCC1)C1CCCC1. The Bertz CT molecular complexity index is 171. The van der Waals surface area contributed by atoms with Gasteiger partial charge in [0.25, 0.3) is 0 Å². The summed E-state index contributed by atoms with van der Waals surface area (Å²) in [6.45, 7) is 0.801. The third-order valence-electron chi connectivity index (χ3n) is 4.08. The zero-order valence-electron chi connectivity index (χ0n) is 9.79. The van der Waals surface area contributed by atoms with Crippen molar-refractivity contribution in [1.82, 2.24) is 0 Å². The van der Waals surface area contributed by atoms with Crippen LogP contribution in [0.1, 0.15) is 57.8 Å². The van der Waals surface area contributed by atoms with Crippen LogP contribution in [0.4, 0.5) is 0 Å². The Kier molecular flexibility index (Phi) is 4.45. The zero-order valence-corrected chi connectivity index (χ0v) is 9.79. The molecule has 2 nitrogen and oxygen atoms in total. The summed E-state index contributed by atoms with van der Waals surface area (Å²) in [7, 11) is 0. The van der Waals surface area contributed by atoms with Crippen molar-refractivity contribution in [2.75, 3.05) is 6.61 Å². The number of hydrogen-bond acceptors (Lipinski definition) is 2. The van der Waals surface area contributed by atoms with Crippen LogP contribution < -0.4 is 5.73 Å². The van der Waals surface area contributed by atoms with Crippen molar-refractivity contribution in [2.24, 2.45) is 11.7 Å². The van der Waals surface area contributed by atoms with Crippen LogP contribution in [-0.4, -0.2) is 18.8 Å². The van der Waals surface area contributed by atoms with E-state index in [9.17, 15) is 0 Å². The summed E-state index contributed by atoms with van der Waals surface area (Å²) in [5, 5.41) is 0. The van der Waals surface area contributed by atoms with Crippen molar-refractivity contribution < 1.29 is 4.74 Å². The molecule has 2 saturated carbocycles. The van der Waals surface area contributed by atoms with Gasteiger partial charge in [0, 0.05) is 6.04 Å². The second kappa shape index (κ2) is 5.86. The number of ether oxygens (including phenoxy) is 1. The Hall–Kier alpha value is -0.0800. The van der Waals surface area contributed by atoms with Gasteiger partial charge >= 0.3 is 0 Å². The molecular formula is C13H25NO. The quantitative estimate of drug-likeness (QED) is 0.776. The summed E-state index contributed by atoms with van der Waals surface area (Å²) in [5.74, 6) is 0.744. The van der Waals surface area contributed by atoms with Crippen molar-refractivity contribution in [3.8, 4) is 0 Å². The lowest BCUT2D eigenvalue weighted by molar-refractivity contribution is 0.0136. The largest absolute Gasteiger partial charge is 0.377 e. The van der Waals surface area contributed by atoms with Gasteiger partial charge in [-0.3, -0.25) is 0 Å². The van der Waals surface area contributed by atoms with E-state index in [4.69, 9.17) is 10.5 Å². The molecule has 1 unspecified atom stereocenters.